The molecule has 1 atom stereocenters. The van der Waals surface area contributed by atoms with Crippen LogP contribution in [-0.4, -0.2) is 9.78 Å². The molecule has 0 aliphatic heterocycles. The van der Waals surface area contributed by atoms with E-state index in [0.717, 1.165) is 11.3 Å². The van der Waals surface area contributed by atoms with Crippen molar-refractivity contribution in [1.29, 1.82) is 0 Å². The summed E-state index contributed by atoms with van der Waals surface area (Å²) in [7, 11) is 0. The van der Waals surface area contributed by atoms with E-state index >= 15 is 0 Å². The van der Waals surface area contributed by atoms with Crippen LogP contribution in [-0.2, 0) is 0 Å². The van der Waals surface area contributed by atoms with Gasteiger partial charge in [0.1, 0.15) is 0 Å². The van der Waals surface area contributed by atoms with Crippen LogP contribution in [0.1, 0.15) is 17.9 Å². The third-order valence-corrected chi connectivity index (χ3v) is 2.37. The first-order chi connectivity index (χ1) is 6.77. The highest BCUT2D eigenvalue weighted by molar-refractivity contribution is 6.20. The molecular weight excluding hydrogens is 196 g/mol. The molecule has 0 aliphatic rings. The lowest BCUT2D eigenvalue weighted by Crippen LogP contribution is -1.94. The van der Waals surface area contributed by atoms with Crippen LogP contribution < -0.4 is 0 Å². The molecule has 0 aliphatic carbocycles. The number of benzene rings is 1. The molecule has 2 nitrogen and oxygen atoms in total. The van der Waals surface area contributed by atoms with Gasteiger partial charge in [0.15, 0.2) is 0 Å². The van der Waals surface area contributed by atoms with Crippen molar-refractivity contribution >= 4 is 11.6 Å². The summed E-state index contributed by atoms with van der Waals surface area (Å²) in [6.07, 6.45) is 3.68. The van der Waals surface area contributed by atoms with Gasteiger partial charge in [-0.15, -0.1) is 11.6 Å². The van der Waals surface area contributed by atoms with Gasteiger partial charge in [0.05, 0.1) is 11.1 Å². The van der Waals surface area contributed by atoms with Gasteiger partial charge in [-0.3, -0.25) is 0 Å². The second-order valence-corrected chi connectivity index (χ2v) is 3.81. The smallest absolute Gasteiger partial charge is 0.0645 e. The Morgan fingerprint density at radius 3 is 2.50 bits per heavy atom. The third-order valence-electron chi connectivity index (χ3n) is 2.12. The summed E-state index contributed by atoms with van der Waals surface area (Å²) >= 11 is 5.96. The van der Waals surface area contributed by atoms with E-state index in [9.17, 15) is 0 Å². The molecule has 0 spiro atoms. The van der Waals surface area contributed by atoms with Gasteiger partial charge >= 0.3 is 0 Å². The molecule has 3 heteroatoms. The first kappa shape index (κ1) is 9.28. The quantitative estimate of drug-likeness (QED) is 0.691. The molecule has 2 aromatic rings. The second-order valence-electron chi connectivity index (χ2n) is 3.16. The fourth-order valence-electron chi connectivity index (χ4n) is 1.31. The SMILES string of the molecule is CC(Cl)c1ccc(-n2cccn2)cc1. The second kappa shape index (κ2) is 3.84. The Bertz CT molecular complexity index is 390. The number of alkyl halides is 1. The highest BCUT2D eigenvalue weighted by Crippen LogP contribution is 2.20. The summed E-state index contributed by atoms with van der Waals surface area (Å²) in [5, 5.41) is 4.20. The molecule has 1 aromatic heterocycles. The summed E-state index contributed by atoms with van der Waals surface area (Å²) in [5.41, 5.74) is 2.18. The average Bonchev–Trinajstić information content (AvgIpc) is 2.71. The first-order valence-electron chi connectivity index (χ1n) is 4.51. The molecule has 1 heterocycles. The van der Waals surface area contributed by atoms with Crippen LogP contribution in [0.25, 0.3) is 5.69 Å². The Labute approximate surface area is 88.1 Å². The number of rotatable bonds is 2. The van der Waals surface area contributed by atoms with E-state index in [0.29, 0.717) is 0 Å². The van der Waals surface area contributed by atoms with Crippen molar-refractivity contribution < 1.29 is 0 Å². The van der Waals surface area contributed by atoms with E-state index in [-0.39, 0.29) is 5.38 Å². The monoisotopic (exact) mass is 206 g/mol. The molecule has 0 saturated heterocycles. The molecule has 2 rings (SSSR count). The molecule has 0 radical (unpaired) electrons. The maximum absolute atomic E-state index is 5.96. The van der Waals surface area contributed by atoms with Crippen LogP contribution in [0, 0.1) is 0 Å². The standard InChI is InChI=1S/C11H11ClN2/c1-9(12)10-3-5-11(6-4-10)14-8-2-7-13-14/h2-9H,1H3. The zero-order chi connectivity index (χ0) is 9.97. The van der Waals surface area contributed by atoms with E-state index < -0.39 is 0 Å². The highest BCUT2D eigenvalue weighted by atomic mass is 35.5. The summed E-state index contributed by atoms with van der Waals surface area (Å²) in [5.74, 6) is 0. The summed E-state index contributed by atoms with van der Waals surface area (Å²) in [6.45, 7) is 1.96. The first-order valence-corrected chi connectivity index (χ1v) is 4.95. The summed E-state index contributed by atoms with van der Waals surface area (Å²) in [4.78, 5) is 0. The Balaban J connectivity index is 2.31. The number of nitrogens with zero attached hydrogens (tertiary/aromatic N) is 2. The molecular formula is C11H11ClN2. The molecule has 0 bridgehead atoms. The molecule has 0 saturated carbocycles. The molecule has 1 aromatic carbocycles. The minimum atomic E-state index is 0.0571. The third kappa shape index (κ3) is 1.80. The molecule has 72 valence electrons. The van der Waals surface area contributed by atoms with Gasteiger partial charge in [-0.05, 0) is 30.7 Å². The molecule has 0 amide bonds. The largest absolute Gasteiger partial charge is 0.241 e. The van der Waals surface area contributed by atoms with Gasteiger partial charge in [-0.2, -0.15) is 5.10 Å². The predicted molar refractivity (Wildman–Crippen MR) is 57.8 cm³/mol. The van der Waals surface area contributed by atoms with Crippen molar-refractivity contribution in [2.45, 2.75) is 12.3 Å². The minimum absolute atomic E-state index is 0.0571. The predicted octanol–water partition coefficient (Wildman–Crippen LogP) is 3.17. The topological polar surface area (TPSA) is 17.8 Å². The van der Waals surface area contributed by atoms with Crippen LogP contribution in [0.4, 0.5) is 0 Å². The van der Waals surface area contributed by atoms with Gasteiger partial charge in [0, 0.05) is 12.4 Å². The Kier molecular flexibility index (Phi) is 2.55. The van der Waals surface area contributed by atoms with Gasteiger partial charge in [0.25, 0.3) is 0 Å². The molecule has 1 unspecified atom stereocenters. The Morgan fingerprint density at radius 1 is 1.29 bits per heavy atom. The van der Waals surface area contributed by atoms with Crippen LogP contribution in [0.3, 0.4) is 0 Å². The van der Waals surface area contributed by atoms with Crippen molar-refractivity contribution in [3.63, 3.8) is 0 Å². The van der Waals surface area contributed by atoms with Crippen LogP contribution in [0.15, 0.2) is 42.7 Å². The van der Waals surface area contributed by atoms with Crippen molar-refractivity contribution in [3.8, 4) is 5.69 Å². The van der Waals surface area contributed by atoms with Crippen LogP contribution in [0.2, 0.25) is 0 Å². The number of hydrogen-bond donors (Lipinski definition) is 0. The molecule has 0 fully saturated rings. The van der Waals surface area contributed by atoms with Crippen LogP contribution in [0.5, 0.6) is 0 Å². The molecule has 0 N–H and O–H groups in total. The van der Waals surface area contributed by atoms with Gasteiger partial charge in [-0.25, -0.2) is 4.68 Å². The van der Waals surface area contributed by atoms with Gasteiger partial charge < -0.3 is 0 Å². The summed E-state index contributed by atoms with van der Waals surface area (Å²) < 4.78 is 1.82. The number of halogens is 1. The zero-order valence-electron chi connectivity index (χ0n) is 7.89. The maximum Gasteiger partial charge on any atom is 0.0645 e. The van der Waals surface area contributed by atoms with E-state index in [1.165, 1.54) is 0 Å². The Hall–Kier alpha value is -1.28. The maximum atomic E-state index is 5.96. The van der Waals surface area contributed by atoms with E-state index in [2.05, 4.69) is 5.10 Å². The average molecular weight is 207 g/mol. The van der Waals surface area contributed by atoms with Crippen molar-refractivity contribution in [2.24, 2.45) is 0 Å². The fraction of sp³-hybridized carbons (Fsp3) is 0.182. The van der Waals surface area contributed by atoms with Gasteiger partial charge in [0.2, 0.25) is 0 Å². The minimum Gasteiger partial charge on any atom is -0.241 e. The van der Waals surface area contributed by atoms with E-state index in [1.807, 2.05) is 48.1 Å². The van der Waals surface area contributed by atoms with Crippen molar-refractivity contribution in [3.05, 3.63) is 48.3 Å². The lowest BCUT2D eigenvalue weighted by molar-refractivity contribution is 0.878. The van der Waals surface area contributed by atoms with E-state index in [1.54, 1.807) is 6.20 Å². The Morgan fingerprint density at radius 2 is 2.00 bits per heavy atom. The lowest BCUT2D eigenvalue weighted by Gasteiger charge is -2.05. The number of aromatic nitrogens is 2. The van der Waals surface area contributed by atoms with Crippen molar-refractivity contribution in [1.82, 2.24) is 9.78 Å². The molecule has 14 heavy (non-hydrogen) atoms. The van der Waals surface area contributed by atoms with Crippen LogP contribution >= 0.6 is 11.6 Å². The highest BCUT2D eigenvalue weighted by Gasteiger charge is 2.01. The lowest BCUT2D eigenvalue weighted by atomic mass is 10.1. The van der Waals surface area contributed by atoms with Gasteiger partial charge in [-0.1, -0.05) is 12.1 Å². The number of hydrogen-bond acceptors (Lipinski definition) is 1. The normalized spacial score (nSPS) is 12.7. The zero-order valence-corrected chi connectivity index (χ0v) is 8.65. The van der Waals surface area contributed by atoms with Crippen molar-refractivity contribution in [2.75, 3.05) is 0 Å². The summed E-state index contributed by atoms with van der Waals surface area (Å²) in [6, 6.07) is 9.98. The fourth-order valence-corrected chi connectivity index (χ4v) is 1.46. The van der Waals surface area contributed by atoms with E-state index in [4.69, 9.17) is 11.6 Å².